The Bertz CT molecular complexity index is 1590. The number of rotatable bonds is 11. The number of Topliss-reactive ketones (excluding diaryl/α,β-unsaturated/α-hetero) is 1. The summed E-state index contributed by atoms with van der Waals surface area (Å²) in [5.74, 6) is 0.320. The van der Waals surface area contributed by atoms with Crippen LogP contribution in [0.15, 0.2) is 72.9 Å². The predicted octanol–water partition coefficient (Wildman–Crippen LogP) is 7.25. The summed E-state index contributed by atoms with van der Waals surface area (Å²) < 4.78 is 13.6. The third kappa shape index (κ3) is 5.83. The molecule has 0 saturated carbocycles. The topological polar surface area (TPSA) is 90.6 Å². The van der Waals surface area contributed by atoms with E-state index < -0.39 is 0 Å². The van der Waals surface area contributed by atoms with Crippen molar-refractivity contribution in [3.05, 3.63) is 90.3 Å². The third-order valence-electron chi connectivity index (χ3n) is 6.96. The largest absolute Gasteiger partial charge is 0.351 e. The molecule has 0 fully saturated rings. The Hall–Kier alpha value is -4.26. The zero-order chi connectivity index (χ0) is 26.5. The zero-order valence-electron chi connectivity index (χ0n) is 21.4. The Balaban J connectivity index is 1.35. The van der Waals surface area contributed by atoms with Crippen molar-refractivity contribution in [1.29, 1.82) is 0 Å². The number of aromatic amines is 2. The van der Waals surface area contributed by atoms with E-state index >= 15 is 0 Å². The first-order valence-corrected chi connectivity index (χ1v) is 13.1. The maximum Gasteiger partial charge on any atom is 0.268 e. The molecule has 0 spiro atoms. The summed E-state index contributed by atoms with van der Waals surface area (Å²) in [5.41, 5.74) is 2.96. The molecule has 38 heavy (non-hydrogen) atoms. The number of hydrogen-bond acceptors (Lipinski definition) is 3. The van der Waals surface area contributed by atoms with E-state index in [-0.39, 0.29) is 23.5 Å². The van der Waals surface area contributed by atoms with Crippen LogP contribution < -0.4 is 5.32 Å². The highest BCUT2D eigenvalue weighted by atomic mass is 19.1. The Morgan fingerprint density at radius 3 is 2.61 bits per heavy atom. The maximum atomic E-state index is 13.6. The third-order valence-corrected chi connectivity index (χ3v) is 6.96. The number of ketones is 1. The van der Waals surface area contributed by atoms with E-state index in [0.29, 0.717) is 41.7 Å². The molecular formula is C31H31FN4O2. The van der Waals surface area contributed by atoms with Crippen LogP contribution in [0.25, 0.3) is 32.9 Å². The molecule has 194 valence electrons. The molecule has 3 aromatic carbocycles. The van der Waals surface area contributed by atoms with Crippen LogP contribution in [0.2, 0.25) is 0 Å². The van der Waals surface area contributed by atoms with Crippen molar-refractivity contribution in [3.63, 3.8) is 0 Å². The highest BCUT2D eigenvalue weighted by Gasteiger charge is 2.20. The van der Waals surface area contributed by atoms with Gasteiger partial charge in [0.15, 0.2) is 0 Å². The van der Waals surface area contributed by atoms with E-state index in [4.69, 9.17) is 0 Å². The van der Waals surface area contributed by atoms with Gasteiger partial charge >= 0.3 is 0 Å². The molecule has 7 heteroatoms. The van der Waals surface area contributed by atoms with Gasteiger partial charge in [0.05, 0.1) is 17.9 Å². The van der Waals surface area contributed by atoms with Crippen molar-refractivity contribution in [2.24, 2.45) is 0 Å². The minimum Gasteiger partial charge on any atom is -0.351 e. The van der Waals surface area contributed by atoms with Crippen LogP contribution in [0.1, 0.15) is 67.8 Å². The second-order valence-electron chi connectivity index (χ2n) is 9.68. The number of carbonyl (C=O) groups is 2. The quantitative estimate of drug-likeness (QED) is 0.163. The van der Waals surface area contributed by atoms with E-state index in [2.05, 4.69) is 50.6 Å². The Morgan fingerprint density at radius 2 is 1.76 bits per heavy atom. The van der Waals surface area contributed by atoms with Crippen LogP contribution in [-0.2, 0) is 4.79 Å². The van der Waals surface area contributed by atoms with Crippen molar-refractivity contribution in [1.82, 2.24) is 20.3 Å². The lowest BCUT2D eigenvalue weighted by Gasteiger charge is -2.16. The second-order valence-corrected chi connectivity index (χ2v) is 9.68. The number of H-pyrrole nitrogens is 2. The summed E-state index contributed by atoms with van der Waals surface area (Å²) in [7, 11) is 0. The van der Waals surface area contributed by atoms with E-state index in [0.717, 1.165) is 35.9 Å². The summed E-state index contributed by atoms with van der Waals surface area (Å²) in [4.78, 5) is 36.0. The van der Waals surface area contributed by atoms with Crippen LogP contribution in [0.4, 0.5) is 4.39 Å². The molecule has 3 N–H and O–H groups in total. The van der Waals surface area contributed by atoms with Crippen molar-refractivity contribution in [2.75, 3.05) is 0 Å². The number of aromatic nitrogens is 3. The van der Waals surface area contributed by atoms with Gasteiger partial charge in [-0.15, -0.1) is 0 Å². The van der Waals surface area contributed by atoms with E-state index in [1.807, 2.05) is 19.1 Å². The van der Waals surface area contributed by atoms with Crippen LogP contribution >= 0.6 is 0 Å². The minimum absolute atomic E-state index is 0.274. The van der Waals surface area contributed by atoms with Crippen LogP contribution in [0.3, 0.4) is 0 Å². The van der Waals surface area contributed by atoms with Gasteiger partial charge in [0.25, 0.3) is 5.91 Å². The molecule has 0 unspecified atom stereocenters. The Kier molecular flexibility index (Phi) is 7.63. The normalized spacial score (nSPS) is 12.2. The number of unbranched alkanes of at least 4 members (excludes halogenated alkanes) is 2. The molecule has 0 bridgehead atoms. The SMILES string of the molecule is CCC(=O)CCCCC[C@H](NC(=O)c1cc2cc(F)ccc2[nH]1)c1ncc(-c2ccc3ccccc3c2)[nH]1. The molecule has 1 atom stereocenters. The van der Waals surface area contributed by atoms with Crippen LogP contribution in [0.5, 0.6) is 0 Å². The highest BCUT2D eigenvalue weighted by Crippen LogP contribution is 2.26. The number of nitrogens with one attached hydrogen (secondary N) is 3. The average molecular weight is 511 g/mol. The first kappa shape index (κ1) is 25.4. The standard InChI is InChI=1S/C31H31FN4O2/c1-2-25(37)10-4-3-5-11-27(36-31(38)28-18-23-17-24(32)14-15-26(23)34-28)30-33-19-29(35-30)22-13-12-20-8-6-7-9-21(20)16-22/h6-9,12-19,27,34H,2-5,10-11H2,1H3,(H,33,35)(H,36,38)/t27-/m0/s1. The molecule has 5 aromatic rings. The lowest BCUT2D eigenvalue weighted by atomic mass is 10.0. The maximum absolute atomic E-state index is 13.6. The number of carbonyl (C=O) groups excluding carboxylic acids is 2. The lowest BCUT2D eigenvalue weighted by molar-refractivity contribution is -0.118. The van der Waals surface area contributed by atoms with Gasteiger partial charge in [0.2, 0.25) is 0 Å². The molecule has 0 aliphatic carbocycles. The molecule has 6 nitrogen and oxygen atoms in total. The molecule has 0 saturated heterocycles. The van der Waals surface area contributed by atoms with Crippen LogP contribution in [-0.4, -0.2) is 26.6 Å². The Morgan fingerprint density at radius 1 is 0.921 bits per heavy atom. The van der Waals surface area contributed by atoms with E-state index in [1.54, 1.807) is 18.3 Å². The first-order chi connectivity index (χ1) is 18.5. The summed E-state index contributed by atoms with van der Waals surface area (Å²) >= 11 is 0. The molecule has 2 aromatic heterocycles. The fraction of sp³-hybridized carbons (Fsp3) is 0.258. The molecular weight excluding hydrogens is 479 g/mol. The van der Waals surface area contributed by atoms with Gasteiger partial charge in [0.1, 0.15) is 23.1 Å². The fourth-order valence-corrected chi connectivity index (χ4v) is 4.78. The number of amides is 1. The summed E-state index contributed by atoms with van der Waals surface area (Å²) in [6.45, 7) is 1.89. The number of nitrogens with zero attached hydrogens (tertiary/aromatic N) is 1. The van der Waals surface area contributed by atoms with Gasteiger partial charge in [-0.05, 0) is 53.9 Å². The molecule has 1 amide bonds. The molecule has 0 radical (unpaired) electrons. The Labute approximate surface area is 220 Å². The first-order valence-electron chi connectivity index (χ1n) is 13.1. The van der Waals surface area contributed by atoms with Crippen molar-refractivity contribution >= 4 is 33.4 Å². The molecule has 0 aliphatic heterocycles. The van der Waals surface area contributed by atoms with Crippen molar-refractivity contribution < 1.29 is 14.0 Å². The number of fused-ring (bicyclic) bond motifs is 2. The van der Waals surface area contributed by atoms with Gasteiger partial charge in [-0.3, -0.25) is 9.59 Å². The molecule has 5 rings (SSSR count). The minimum atomic E-state index is -0.348. The summed E-state index contributed by atoms with van der Waals surface area (Å²) in [6.07, 6.45) is 6.19. The van der Waals surface area contributed by atoms with E-state index in [1.165, 1.54) is 17.5 Å². The highest BCUT2D eigenvalue weighted by molar-refractivity contribution is 5.98. The van der Waals surface area contributed by atoms with Gasteiger partial charge in [-0.25, -0.2) is 9.37 Å². The van der Waals surface area contributed by atoms with Crippen LogP contribution in [0, 0.1) is 5.82 Å². The van der Waals surface area contributed by atoms with E-state index in [9.17, 15) is 14.0 Å². The van der Waals surface area contributed by atoms with Gasteiger partial charge < -0.3 is 15.3 Å². The summed E-state index contributed by atoms with van der Waals surface area (Å²) in [6, 6.07) is 20.2. The molecule has 0 aliphatic rings. The number of halogens is 1. The number of hydrogen-bond donors (Lipinski definition) is 3. The predicted molar refractivity (Wildman–Crippen MR) is 148 cm³/mol. The van der Waals surface area contributed by atoms with Crippen molar-refractivity contribution in [2.45, 2.75) is 51.5 Å². The fourth-order valence-electron chi connectivity index (χ4n) is 4.78. The van der Waals surface area contributed by atoms with Gasteiger partial charge in [-0.1, -0.05) is 56.2 Å². The zero-order valence-corrected chi connectivity index (χ0v) is 21.4. The molecule has 2 heterocycles. The second kappa shape index (κ2) is 11.4. The van der Waals surface area contributed by atoms with Gasteiger partial charge in [-0.2, -0.15) is 0 Å². The monoisotopic (exact) mass is 510 g/mol. The lowest BCUT2D eigenvalue weighted by Crippen LogP contribution is -2.29. The number of imidazole rings is 1. The smallest absolute Gasteiger partial charge is 0.268 e. The number of benzene rings is 3. The average Bonchev–Trinajstić information content (AvgIpc) is 3.59. The van der Waals surface area contributed by atoms with Crippen molar-refractivity contribution in [3.8, 4) is 11.3 Å². The van der Waals surface area contributed by atoms with Gasteiger partial charge in [0, 0.05) is 29.3 Å². The summed E-state index contributed by atoms with van der Waals surface area (Å²) in [5, 5.41) is 6.06.